The molecule has 2 aliphatic carbocycles. The van der Waals surface area contributed by atoms with Gasteiger partial charge in [-0.05, 0) is 17.8 Å². The average molecular weight is 211 g/mol. The third-order valence-corrected chi connectivity index (χ3v) is 3.81. The normalized spacial score (nSPS) is 40.7. The Balaban J connectivity index is 1.95. The highest BCUT2D eigenvalue weighted by molar-refractivity contribution is 5.91. The molecule has 4 heteroatoms. The van der Waals surface area contributed by atoms with E-state index >= 15 is 0 Å². The summed E-state index contributed by atoms with van der Waals surface area (Å²) in [6.45, 7) is 5.76. The number of nitrogens with one attached hydrogen (secondary N) is 1. The topological polar surface area (TPSA) is 66.4 Å². The minimum Gasteiger partial charge on any atom is -0.481 e. The van der Waals surface area contributed by atoms with Crippen LogP contribution in [0.25, 0.3) is 0 Å². The zero-order valence-corrected chi connectivity index (χ0v) is 9.28. The van der Waals surface area contributed by atoms with Crippen LogP contribution >= 0.6 is 0 Å². The van der Waals surface area contributed by atoms with Crippen LogP contribution in [0.3, 0.4) is 0 Å². The van der Waals surface area contributed by atoms with Crippen LogP contribution in [0.15, 0.2) is 0 Å². The molecule has 2 N–H and O–H groups in total. The number of aliphatic carboxylic acids is 1. The predicted octanol–water partition coefficient (Wildman–Crippen LogP) is 0.868. The molecule has 2 fully saturated rings. The van der Waals surface area contributed by atoms with Crippen molar-refractivity contribution in [2.45, 2.75) is 33.2 Å². The molecule has 4 atom stereocenters. The largest absolute Gasteiger partial charge is 0.481 e. The number of carboxylic acid groups (broad SMARTS) is 1. The van der Waals surface area contributed by atoms with Crippen LogP contribution < -0.4 is 5.32 Å². The highest BCUT2D eigenvalue weighted by Gasteiger charge is 2.66. The smallest absolute Gasteiger partial charge is 0.307 e. The molecule has 2 rings (SSSR count). The molecule has 15 heavy (non-hydrogen) atoms. The maximum atomic E-state index is 11.8. The number of hydrogen-bond acceptors (Lipinski definition) is 2. The van der Waals surface area contributed by atoms with Crippen molar-refractivity contribution in [1.82, 2.24) is 5.32 Å². The van der Waals surface area contributed by atoms with E-state index in [0.29, 0.717) is 5.92 Å². The number of rotatable bonds is 3. The quantitative estimate of drug-likeness (QED) is 0.727. The number of carbonyl (C=O) groups is 2. The monoisotopic (exact) mass is 211 g/mol. The number of amides is 1. The van der Waals surface area contributed by atoms with Crippen LogP contribution in [0.2, 0.25) is 0 Å². The van der Waals surface area contributed by atoms with Gasteiger partial charge in [-0.3, -0.25) is 9.59 Å². The molecule has 84 valence electrons. The lowest BCUT2D eigenvalue weighted by Crippen LogP contribution is -2.30. The van der Waals surface area contributed by atoms with Crippen LogP contribution in [-0.2, 0) is 9.59 Å². The minimum atomic E-state index is -0.857. The zero-order chi connectivity index (χ0) is 11.4. The van der Waals surface area contributed by atoms with Gasteiger partial charge in [0.2, 0.25) is 5.91 Å². The second-order valence-corrected chi connectivity index (χ2v) is 5.44. The maximum absolute atomic E-state index is 11.8. The van der Waals surface area contributed by atoms with Gasteiger partial charge in [0.1, 0.15) is 0 Å². The summed E-state index contributed by atoms with van der Waals surface area (Å²) < 4.78 is 0. The molecule has 0 aromatic rings. The van der Waals surface area contributed by atoms with E-state index in [-0.39, 0.29) is 23.3 Å². The third-order valence-electron chi connectivity index (χ3n) is 3.81. The van der Waals surface area contributed by atoms with Crippen molar-refractivity contribution >= 4 is 11.9 Å². The summed E-state index contributed by atoms with van der Waals surface area (Å²) in [5.74, 6) is -1.24. The fourth-order valence-corrected chi connectivity index (χ4v) is 2.38. The van der Waals surface area contributed by atoms with Crippen molar-refractivity contribution in [1.29, 1.82) is 0 Å². The van der Waals surface area contributed by atoms with Crippen molar-refractivity contribution in [3.8, 4) is 0 Å². The molecule has 4 unspecified atom stereocenters. The lowest BCUT2D eigenvalue weighted by atomic mass is 10.1. The minimum absolute atomic E-state index is 0.0817. The average Bonchev–Trinajstić information content (AvgIpc) is 2.89. The Bertz CT molecular complexity index is 324. The molecule has 0 aliphatic heterocycles. The van der Waals surface area contributed by atoms with Gasteiger partial charge in [-0.2, -0.15) is 0 Å². The van der Waals surface area contributed by atoms with E-state index in [0.717, 1.165) is 6.42 Å². The van der Waals surface area contributed by atoms with Crippen LogP contribution in [-0.4, -0.2) is 23.0 Å². The third kappa shape index (κ3) is 1.62. The summed E-state index contributed by atoms with van der Waals surface area (Å²) in [4.78, 5) is 22.6. The zero-order valence-electron chi connectivity index (χ0n) is 9.28. The van der Waals surface area contributed by atoms with Crippen molar-refractivity contribution < 1.29 is 14.7 Å². The number of carbonyl (C=O) groups excluding carboxylic acids is 1. The first-order valence-corrected chi connectivity index (χ1v) is 5.39. The summed E-state index contributed by atoms with van der Waals surface area (Å²) >= 11 is 0. The molecular formula is C11H17NO3. The molecule has 0 aromatic heterocycles. The summed E-state index contributed by atoms with van der Waals surface area (Å²) in [6, 6.07) is 0.281. The molecule has 2 aliphatic rings. The van der Waals surface area contributed by atoms with Gasteiger partial charge in [0.05, 0.1) is 11.8 Å². The second kappa shape index (κ2) is 2.97. The van der Waals surface area contributed by atoms with Crippen LogP contribution in [0.5, 0.6) is 0 Å². The Labute approximate surface area is 89.0 Å². The van der Waals surface area contributed by atoms with Gasteiger partial charge in [0.25, 0.3) is 0 Å². The van der Waals surface area contributed by atoms with Crippen molar-refractivity contribution in [2.75, 3.05) is 0 Å². The Kier molecular flexibility index (Phi) is 2.07. The summed E-state index contributed by atoms with van der Waals surface area (Å²) in [7, 11) is 0. The van der Waals surface area contributed by atoms with Crippen molar-refractivity contribution in [3.63, 3.8) is 0 Å². The van der Waals surface area contributed by atoms with E-state index in [1.54, 1.807) is 0 Å². The lowest BCUT2D eigenvalue weighted by molar-refractivity contribution is -0.140. The molecule has 0 aromatic carbocycles. The number of hydrogen-bond donors (Lipinski definition) is 2. The van der Waals surface area contributed by atoms with Gasteiger partial charge in [0.15, 0.2) is 0 Å². The van der Waals surface area contributed by atoms with Crippen molar-refractivity contribution in [3.05, 3.63) is 0 Å². The highest BCUT2D eigenvalue weighted by Crippen LogP contribution is 2.58. The van der Waals surface area contributed by atoms with Gasteiger partial charge in [-0.1, -0.05) is 20.8 Å². The Hall–Kier alpha value is -1.06. The van der Waals surface area contributed by atoms with E-state index in [1.165, 1.54) is 0 Å². The van der Waals surface area contributed by atoms with Crippen LogP contribution in [0.4, 0.5) is 0 Å². The first kappa shape index (κ1) is 10.5. The van der Waals surface area contributed by atoms with Gasteiger partial charge in [0, 0.05) is 6.04 Å². The van der Waals surface area contributed by atoms with Gasteiger partial charge >= 0.3 is 5.97 Å². The molecule has 0 radical (unpaired) electrons. The Morgan fingerprint density at radius 1 is 1.33 bits per heavy atom. The SMILES string of the molecule is CC1CC1NC(=O)C1C(C(=O)O)C1(C)C. The molecule has 2 saturated carbocycles. The highest BCUT2D eigenvalue weighted by atomic mass is 16.4. The van der Waals surface area contributed by atoms with Gasteiger partial charge in [-0.15, -0.1) is 0 Å². The summed E-state index contributed by atoms with van der Waals surface area (Å²) in [6.07, 6.45) is 1.02. The van der Waals surface area contributed by atoms with E-state index in [9.17, 15) is 9.59 Å². The van der Waals surface area contributed by atoms with Crippen molar-refractivity contribution in [2.24, 2.45) is 23.2 Å². The van der Waals surface area contributed by atoms with E-state index in [1.807, 2.05) is 13.8 Å². The fraction of sp³-hybridized carbons (Fsp3) is 0.818. The number of carboxylic acids is 1. The lowest BCUT2D eigenvalue weighted by Gasteiger charge is -2.04. The second-order valence-electron chi connectivity index (χ2n) is 5.44. The Morgan fingerprint density at radius 3 is 2.20 bits per heavy atom. The van der Waals surface area contributed by atoms with E-state index in [4.69, 9.17) is 5.11 Å². The molecule has 0 spiro atoms. The fourth-order valence-electron chi connectivity index (χ4n) is 2.38. The molecule has 4 nitrogen and oxygen atoms in total. The van der Waals surface area contributed by atoms with Crippen LogP contribution in [0, 0.1) is 23.2 Å². The molecular weight excluding hydrogens is 194 g/mol. The maximum Gasteiger partial charge on any atom is 0.307 e. The van der Waals surface area contributed by atoms with Gasteiger partial charge < -0.3 is 10.4 Å². The molecule has 0 bridgehead atoms. The summed E-state index contributed by atoms with van der Waals surface area (Å²) in [5.41, 5.74) is -0.381. The first-order chi connectivity index (χ1) is 6.85. The van der Waals surface area contributed by atoms with Gasteiger partial charge in [-0.25, -0.2) is 0 Å². The molecule has 0 saturated heterocycles. The first-order valence-electron chi connectivity index (χ1n) is 5.39. The van der Waals surface area contributed by atoms with E-state index < -0.39 is 11.9 Å². The van der Waals surface area contributed by atoms with Crippen LogP contribution in [0.1, 0.15) is 27.2 Å². The summed E-state index contributed by atoms with van der Waals surface area (Å²) in [5, 5.41) is 11.8. The molecule has 1 amide bonds. The predicted molar refractivity (Wildman–Crippen MR) is 54.1 cm³/mol. The standard InChI is InChI=1S/C11H17NO3/c1-5-4-6(5)12-9(13)7-8(10(14)15)11(7,2)3/h5-8H,4H2,1-3H3,(H,12,13)(H,14,15). The Morgan fingerprint density at radius 2 is 1.87 bits per heavy atom. The van der Waals surface area contributed by atoms with E-state index in [2.05, 4.69) is 12.2 Å². The molecule has 0 heterocycles.